The van der Waals surface area contributed by atoms with Crippen molar-refractivity contribution >= 4 is 5.69 Å². The van der Waals surface area contributed by atoms with Gasteiger partial charge < -0.3 is 15.4 Å². The van der Waals surface area contributed by atoms with Crippen LogP contribution in [-0.4, -0.2) is 25.7 Å². The van der Waals surface area contributed by atoms with Crippen molar-refractivity contribution in [3.8, 4) is 5.75 Å². The Morgan fingerprint density at radius 3 is 3.00 bits per heavy atom. The van der Waals surface area contributed by atoms with Crippen LogP contribution in [0.4, 0.5) is 5.69 Å². The Hall–Kier alpha value is -1.22. The SMILES string of the molecule is CCCOc1ccc(C)cc1N1CCCC(N)C1. The van der Waals surface area contributed by atoms with Gasteiger partial charge in [0.1, 0.15) is 5.75 Å². The van der Waals surface area contributed by atoms with Crippen molar-refractivity contribution in [1.82, 2.24) is 0 Å². The molecule has 0 spiro atoms. The Labute approximate surface area is 110 Å². The molecular formula is C15H24N2O. The number of nitrogens with two attached hydrogens (primary N) is 1. The van der Waals surface area contributed by atoms with Crippen LogP contribution in [0.2, 0.25) is 0 Å². The van der Waals surface area contributed by atoms with E-state index in [4.69, 9.17) is 10.5 Å². The zero-order chi connectivity index (χ0) is 13.0. The first-order valence-electron chi connectivity index (χ1n) is 6.94. The van der Waals surface area contributed by atoms with Gasteiger partial charge >= 0.3 is 0 Å². The summed E-state index contributed by atoms with van der Waals surface area (Å²) in [5.41, 5.74) is 8.55. The summed E-state index contributed by atoms with van der Waals surface area (Å²) in [7, 11) is 0. The minimum atomic E-state index is 0.290. The molecule has 1 aromatic carbocycles. The smallest absolute Gasteiger partial charge is 0.142 e. The monoisotopic (exact) mass is 248 g/mol. The Kier molecular flexibility index (Phi) is 4.48. The molecule has 3 heteroatoms. The average Bonchev–Trinajstić information content (AvgIpc) is 2.37. The quantitative estimate of drug-likeness (QED) is 0.890. The van der Waals surface area contributed by atoms with E-state index < -0.39 is 0 Å². The number of ether oxygens (including phenoxy) is 1. The molecular weight excluding hydrogens is 224 g/mol. The fourth-order valence-corrected chi connectivity index (χ4v) is 2.44. The van der Waals surface area contributed by atoms with Gasteiger partial charge in [-0.05, 0) is 43.9 Å². The second-order valence-corrected chi connectivity index (χ2v) is 5.17. The van der Waals surface area contributed by atoms with Crippen LogP contribution in [-0.2, 0) is 0 Å². The van der Waals surface area contributed by atoms with E-state index in [-0.39, 0.29) is 0 Å². The summed E-state index contributed by atoms with van der Waals surface area (Å²) in [5.74, 6) is 0.997. The molecule has 2 N–H and O–H groups in total. The van der Waals surface area contributed by atoms with Gasteiger partial charge in [-0.3, -0.25) is 0 Å². The van der Waals surface area contributed by atoms with Crippen LogP contribution in [0.15, 0.2) is 18.2 Å². The van der Waals surface area contributed by atoms with Gasteiger partial charge in [0, 0.05) is 19.1 Å². The van der Waals surface area contributed by atoms with Crippen molar-refractivity contribution in [2.45, 2.75) is 39.2 Å². The van der Waals surface area contributed by atoms with E-state index in [1.54, 1.807) is 0 Å². The predicted octanol–water partition coefficient (Wildman–Crippen LogP) is 2.71. The lowest BCUT2D eigenvalue weighted by molar-refractivity contribution is 0.316. The minimum Gasteiger partial charge on any atom is -0.491 e. The molecule has 1 aliphatic rings. The summed E-state index contributed by atoms with van der Waals surface area (Å²) in [6.45, 7) is 7.04. The zero-order valence-electron chi connectivity index (χ0n) is 11.5. The largest absolute Gasteiger partial charge is 0.491 e. The maximum absolute atomic E-state index is 6.07. The van der Waals surface area contributed by atoms with Crippen molar-refractivity contribution in [1.29, 1.82) is 0 Å². The van der Waals surface area contributed by atoms with E-state index in [1.807, 2.05) is 0 Å². The third-order valence-electron chi connectivity index (χ3n) is 3.37. The summed E-state index contributed by atoms with van der Waals surface area (Å²) in [5, 5.41) is 0. The van der Waals surface area contributed by atoms with Crippen molar-refractivity contribution in [3.63, 3.8) is 0 Å². The summed E-state index contributed by atoms with van der Waals surface area (Å²) >= 11 is 0. The van der Waals surface area contributed by atoms with Gasteiger partial charge in [0.25, 0.3) is 0 Å². The number of anilines is 1. The summed E-state index contributed by atoms with van der Waals surface area (Å²) in [4.78, 5) is 2.37. The van der Waals surface area contributed by atoms with Gasteiger partial charge in [0.2, 0.25) is 0 Å². The topological polar surface area (TPSA) is 38.5 Å². The number of piperidine rings is 1. The van der Waals surface area contributed by atoms with Crippen LogP contribution >= 0.6 is 0 Å². The Bertz CT molecular complexity index is 392. The third-order valence-corrected chi connectivity index (χ3v) is 3.37. The number of rotatable bonds is 4. The van der Waals surface area contributed by atoms with E-state index in [9.17, 15) is 0 Å². The molecule has 100 valence electrons. The van der Waals surface area contributed by atoms with Crippen molar-refractivity contribution in [2.75, 3.05) is 24.6 Å². The molecule has 1 aliphatic heterocycles. The highest BCUT2D eigenvalue weighted by atomic mass is 16.5. The maximum atomic E-state index is 6.07. The first-order valence-corrected chi connectivity index (χ1v) is 6.94. The second-order valence-electron chi connectivity index (χ2n) is 5.17. The number of benzene rings is 1. The number of nitrogens with zero attached hydrogens (tertiary/aromatic N) is 1. The van der Waals surface area contributed by atoms with Crippen LogP contribution in [0.5, 0.6) is 5.75 Å². The van der Waals surface area contributed by atoms with E-state index in [0.717, 1.165) is 38.3 Å². The molecule has 1 saturated heterocycles. The first-order chi connectivity index (χ1) is 8.70. The Balaban J connectivity index is 2.20. The normalized spacial score (nSPS) is 19.9. The number of hydrogen-bond donors (Lipinski definition) is 1. The molecule has 1 fully saturated rings. The highest BCUT2D eigenvalue weighted by molar-refractivity contribution is 5.60. The molecule has 3 nitrogen and oxygen atoms in total. The fraction of sp³-hybridized carbons (Fsp3) is 0.600. The van der Waals surface area contributed by atoms with Gasteiger partial charge in [-0.2, -0.15) is 0 Å². The zero-order valence-corrected chi connectivity index (χ0v) is 11.5. The summed E-state index contributed by atoms with van der Waals surface area (Å²) in [6, 6.07) is 6.69. The van der Waals surface area contributed by atoms with Crippen LogP contribution in [0.25, 0.3) is 0 Å². The molecule has 0 amide bonds. The van der Waals surface area contributed by atoms with Crippen LogP contribution in [0.3, 0.4) is 0 Å². The Morgan fingerprint density at radius 1 is 1.44 bits per heavy atom. The molecule has 1 atom stereocenters. The van der Waals surface area contributed by atoms with E-state index in [1.165, 1.54) is 17.7 Å². The highest BCUT2D eigenvalue weighted by Crippen LogP contribution is 2.31. The average molecular weight is 248 g/mol. The molecule has 1 heterocycles. The van der Waals surface area contributed by atoms with Crippen molar-refractivity contribution in [2.24, 2.45) is 5.73 Å². The lowest BCUT2D eigenvalue weighted by atomic mass is 10.0. The molecule has 1 unspecified atom stereocenters. The van der Waals surface area contributed by atoms with Gasteiger partial charge in [-0.25, -0.2) is 0 Å². The van der Waals surface area contributed by atoms with Crippen LogP contribution < -0.4 is 15.4 Å². The molecule has 0 aliphatic carbocycles. The molecule has 0 bridgehead atoms. The van der Waals surface area contributed by atoms with E-state index >= 15 is 0 Å². The number of hydrogen-bond acceptors (Lipinski definition) is 3. The molecule has 0 saturated carbocycles. The number of aryl methyl sites for hydroxylation is 1. The van der Waals surface area contributed by atoms with Crippen LogP contribution in [0.1, 0.15) is 31.7 Å². The molecule has 1 aromatic rings. The molecule has 0 radical (unpaired) electrons. The van der Waals surface area contributed by atoms with Gasteiger partial charge in [-0.1, -0.05) is 13.0 Å². The van der Waals surface area contributed by atoms with E-state index in [0.29, 0.717) is 6.04 Å². The lowest BCUT2D eigenvalue weighted by Crippen LogP contribution is -2.43. The minimum absolute atomic E-state index is 0.290. The standard InChI is InChI=1S/C15H24N2O/c1-3-9-18-15-7-6-12(2)10-14(15)17-8-4-5-13(16)11-17/h6-7,10,13H,3-5,8-9,11,16H2,1-2H3. The summed E-state index contributed by atoms with van der Waals surface area (Å²) in [6.07, 6.45) is 3.34. The second kappa shape index (κ2) is 6.10. The first kappa shape index (κ1) is 13.2. The van der Waals surface area contributed by atoms with Crippen LogP contribution in [0, 0.1) is 6.92 Å². The third kappa shape index (κ3) is 3.16. The fourth-order valence-electron chi connectivity index (χ4n) is 2.44. The molecule has 18 heavy (non-hydrogen) atoms. The lowest BCUT2D eigenvalue weighted by Gasteiger charge is -2.33. The Morgan fingerprint density at radius 2 is 2.28 bits per heavy atom. The van der Waals surface area contributed by atoms with Gasteiger partial charge in [-0.15, -0.1) is 0 Å². The van der Waals surface area contributed by atoms with Crippen molar-refractivity contribution < 1.29 is 4.74 Å². The maximum Gasteiger partial charge on any atom is 0.142 e. The summed E-state index contributed by atoms with van der Waals surface area (Å²) < 4.78 is 5.85. The van der Waals surface area contributed by atoms with E-state index in [2.05, 4.69) is 36.9 Å². The van der Waals surface area contributed by atoms with Crippen molar-refractivity contribution in [3.05, 3.63) is 23.8 Å². The predicted molar refractivity (Wildman–Crippen MR) is 76.4 cm³/mol. The highest BCUT2D eigenvalue weighted by Gasteiger charge is 2.19. The van der Waals surface area contributed by atoms with Gasteiger partial charge in [0.15, 0.2) is 0 Å². The molecule has 2 rings (SSSR count). The van der Waals surface area contributed by atoms with Gasteiger partial charge in [0.05, 0.1) is 12.3 Å². The molecule has 0 aromatic heterocycles.